The van der Waals surface area contributed by atoms with Gasteiger partial charge in [0.05, 0.1) is 0 Å². The first-order chi connectivity index (χ1) is 12.7. The number of anilines is 1. The molecule has 5 nitrogen and oxygen atoms in total. The third-order valence-corrected chi connectivity index (χ3v) is 5.20. The van der Waals surface area contributed by atoms with Gasteiger partial charge in [0, 0.05) is 19.3 Å². The molecular weight excluding hydrogens is 324 g/mol. The summed E-state index contributed by atoms with van der Waals surface area (Å²) in [5.74, 6) is 1.61. The van der Waals surface area contributed by atoms with Crippen LogP contribution in [-0.2, 0) is 0 Å². The molecule has 1 aliphatic heterocycles. The standard InChI is InChI=1S/C21H24N4O/c1-15-14-25(21(26)23-20-6-3-10-22-24-20)11-9-18(15)12-16-4-2-5-19(13-16)17-7-8-17/h2-6,10,12-13,15,17H,7-9,11,14H2,1H3,(H,23,24,26). The lowest BCUT2D eigenvalue weighted by Gasteiger charge is -2.33. The van der Waals surface area contributed by atoms with E-state index in [0.29, 0.717) is 11.7 Å². The zero-order valence-corrected chi connectivity index (χ0v) is 15.1. The molecule has 2 amide bonds. The Balaban J connectivity index is 1.40. The molecule has 1 unspecified atom stereocenters. The molecule has 0 radical (unpaired) electrons. The zero-order valence-electron chi connectivity index (χ0n) is 15.1. The first kappa shape index (κ1) is 16.8. The molecule has 2 aromatic rings. The number of amides is 2. The van der Waals surface area contributed by atoms with Gasteiger partial charge in [0.25, 0.3) is 0 Å². The molecule has 134 valence electrons. The van der Waals surface area contributed by atoms with Crippen molar-refractivity contribution in [3.8, 4) is 0 Å². The molecule has 1 aliphatic carbocycles. The monoisotopic (exact) mass is 348 g/mol. The van der Waals surface area contributed by atoms with Crippen LogP contribution in [0.25, 0.3) is 6.08 Å². The maximum Gasteiger partial charge on any atom is 0.323 e. The molecule has 1 saturated carbocycles. The van der Waals surface area contributed by atoms with Crippen molar-refractivity contribution >= 4 is 17.9 Å². The number of hydrogen-bond donors (Lipinski definition) is 1. The van der Waals surface area contributed by atoms with Crippen molar-refractivity contribution in [1.82, 2.24) is 15.1 Å². The van der Waals surface area contributed by atoms with Crippen LogP contribution in [0.2, 0.25) is 0 Å². The Bertz CT molecular complexity index is 814. The number of rotatable bonds is 3. The van der Waals surface area contributed by atoms with E-state index < -0.39 is 0 Å². The molecule has 1 atom stereocenters. The quantitative estimate of drug-likeness (QED) is 0.899. The summed E-state index contributed by atoms with van der Waals surface area (Å²) in [6.45, 7) is 3.64. The van der Waals surface area contributed by atoms with Gasteiger partial charge >= 0.3 is 6.03 Å². The van der Waals surface area contributed by atoms with Gasteiger partial charge in [-0.3, -0.25) is 5.32 Å². The number of hydrogen-bond acceptors (Lipinski definition) is 3. The van der Waals surface area contributed by atoms with Crippen molar-refractivity contribution in [2.24, 2.45) is 5.92 Å². The van der Waals surface area contributed by atoms with Crippen molar-refractivity contribution in [3.63, 3.8) is 0 Å². The number of nitrogens with zero attached hydrogens (tertiary/aromatic N) is 3. The summed E-state index contributed by atoms with van der Waals surface area (Å²) >= 11 is 0. The van der Waals surface area contributed by atoms with Gasteiger partial charge < -0.3 is 4.90 Å². The van der Waals surface area contributed by atoms with E-state index in [1.165, 1.54) is 29.5 Å². The minimum atomic E-state index is -0.105. The molecule has 2 heterocycles. The van der Waals surface area contributed by atoms with E-state index in [4.69, 9.17) is 0 Å². The highest BCUT2D eigenvalue weighted by Crippen LogP contribution is 2.40. The fourth-order valence-electron chi connectivity index (χ4n) is 3.54. The Morgan fingerprint density at radius 2 is 2.15 bits per heavy atom. The molecule has 1 aromatic carbocycles. The van der Waals surface area contributed by atoms with Gasteiger partial charge in [-0.05, 0) is 54.4 Å². The summed E-state index contributed by atoms with van der Waals surface area (Å²) in [4.78, 5) is 14.3. The average molecular weight is 348 g/mol. The SMILES string of the molecule is CC1CN(C(=O)Nc2cccnn2)CCC1=Cc1cccc(C2CC2)c1. The summed E-state index contributed by atoms with van der Waals surface area (Å²) in [7, 11) is 0. The highest BCUT2D eigenvalue weighted by Gasteiger charge is 2.25. The zero-order chi connectivity index (χ0) is 17.9. The second-order valence-electron chi connectivity index (χ2n) is 7.30. The van der Waals surface area contributed by atoms with E-state index >= 15 is 0 Å². The van der Waals surface area contributed by atoms with Gasteiger partial charge in [-0.25, -0.2) is 4.79 Å². The van der Waals surface area contributed by atoms with Crippen LogP contribution >= 0.6 is 0 Å². The second-order valence-corrected chi connectivity index (χ2v) is 7.30. The number of benzene rings is 1. The number of carbonyl (C=O) groups excluding carboxylic acids is 1. The fourth-order valence-corrected chi connectivity index (χ4v) is 3.54. The normalized spacial score (nSPS) is 21.7. The molecule has 5 heteroatoms. The van der Waals surface area contributed by atoms with Gasteiger partial charge in [0.1, 0.15) is 0 Å². The van der Waals surface area contributed by atoms with Crippen LogP contribution in [-0.4, -0.2) is 34.2 Å². The maximum atomic E-state index is 12.4. The molecule has 4 rings (SSSR count). The average Bonchev–Trinajstić information content (AvgIpc) is 3.50. The first-order valence-corrected chi connectivity index (χ1v) is 9.33. The third-order valence-electron chi connectivity index (χ3n) is 5.20. The number of piperidine rings is 1. The molecule has 2 aliphatic rings. The van der Waals surface area contributed by atoms with Gasteiger partial charge in [-0.15, -0.1) is 5.10 Å². The number of likely N-dealkylation sites (tertiary alicyclic amines) is 1. The molecule has 0 spiro atoms. The summed E-state index contributed by atoms with van der Waals surface area (Å²) in [6.07, 6.45) is 7.46. The Labute approximate surface area is 154 Å². The van der Waals surface area contributed by atoms with Crippen LogP contribution in [0.3, 0.4) is 0 Å². The largest absolute Gasteiger partial charge is 0.324 e. The lowest BCUT2D eigenvalue weighted by molar-refractivity contribution is 0.197. The maximum absolute atomic E-state index is 12.4. The van der Waals surface area contributed by atoms with Gasteiger partial charge in [0.15, 0.2) is 5.82 Å². The van der Waals surface area contributed by atoms with Crippen LogP contribution in [0.15, 0.2) is 48.2 Å². The molecular formula is C21H24N4O. The molecule has 26 heavy (non-hydrogen) atoms. The van der Waals surface area contributed by atoms with Gasteiger partial charge in [-0.2, -0.15) is 5.10 Å². The van der Waals surface area contributed by atoms with Crippen molar-refractivity contribution in [2.75, 3.05) is 18.4 Å². The van der Waals surface area contributed by atoms with Crippen molar-refractivity contribution in [1.29, 1.82) is 0 Å². The Morgan fingerprint density at radius 3 is 2.88 bits per heavy atom. The van der Waals surface area contributed by atoms with Crippen LogP contribution in [0.4, 0.5) is 10.6 Å². The summed E-state index contributed by atoms with van der Waals surface area (Å²) < 4.78 is 0. The minimum absolute atomic E-state index is 0.105. The first-order valence-electron chi connectivity index (χ1n) is 9.33. The smallest absolute Gasteiger partial charge is 0.323 e. The van der Waals surface area contributed by atoms with Crippen molar-refractivity contribution in [2.45, 2.75) is 32.1 Å². The van der Waals surface area contributed by atoms with Gasteiger partial charge in [0.2, 0.25) is 0 Å². The summed E-state index contributed by atoms with van der Waals surface area (Å²) in [5, 5.41) is 10.5. The number of urea groups is 1. The van der Waals surface area contributed by atoms with Crippen molar-refractivity contribution < 1.29 is 4.79 Å². The number of carbonyl (C=O) groups is 1. The van der Waals surface area contributed by atoms with Crippen LogP contribution < -0.4 is 5.32 Å². The van der Waals surface area contributed by atoms with E-state index in [-0.39, 0.29) is 6.03 Å². The fraction of sp³-hybridized carbons (Fsp3) is 0.381. The van der Waals surface area contributed by atoms with Crippen LogP contribution in [0.1, 0.15) is 43.2 Å². The topological polar surface area (TPSA) is 58.1 Å². The lowest BCUT2D eigenvalue weighted by atomic mass is 9.91. The van der Waals surface area contributed by atoms with Gasteiger partial charge in [-0.1, -0.05) is 42.8 Å². The van der Waals surface area contributed by atoms with E-state index in [9.17, 15) is 4.79 Å². The Hall–Kier alpha value is -2.69. The molecule has 0 bridgehead atoms. The number of aromatic nitrogens is 2. The summed E-state index contributed by atoms with van der Waals surface area (Å²) in [5.41, 5.74) is 4.17. The predicted molar refractivity (Wildman–Crippen MR) is 103 cm³/mol. The van der Waals surface area contributed by atoms with Crippen LogP contribution in [0, 0.1) is 5.92 Å². The Kier molecular flexibility index (Phi) is 4.69. The third kappa shape index (κ3) is 3.93. The predicted octanol–water partition coefficient (Wildman–Crippen LogP) is 4.31. The van der Waals surface area contributed by atoms with E-state index in [2.05, 4.69) is 52.8 Å². The second kappa shape index (κ2) is 7.28. The highest BCUT2D eigenvalue weighted by molar-refractivity contribution is 5.88. The van der Waals surface area contributed by atoms with E-state index in [0.717, 1.165) is 25.4 Å². The highest BCUT2D eigenvalue weighted by atomic mass is 16.2. The minimum Gasteiger partial charge on any atom is -0.324 e. The lowest BCUT2D eigenvalue weighted by Crippen LogP contribution is -2.42. The van der Waals surface area contributed by atoms with E-state index in [1.54, 1.807) is 18.3 Å². The summed E-state index contributed by atoms with van der Waals surface area (Å²) in [6, 6.07) is 12.3. The molecule has 2 fully saturated rings. The van der Waals surface area contributed by atoms with Crippen molar-refractivity contribution in [3.05, 3.63) is 59.3 Å². The number of nitrogens with one attached hydrogen (secondary N) is 1. The molecule has 1 aromatic heterocycles. The van der Waals surface area contributed by atoms with E-state index in [1.807, 2.05) is 4.90 Å². The molecule has 1 N–H and O–H groups in total. The van der Waals surface area contributed by atoms with Crippen LogP contribution in [0.5, 0.6) is 0 Å². The Morgan fingerprint density at radius 1 is 1.27 bits per heavy atom. The molecule has 1 saturated heterocycles.